The van der Waals surface area contributed by atoms with E-state index in [0.717, 1.165) is 18.4 Å². The molecule has 33 heavy (non-hydrogen) atoms. The van der Waals surface area contributed by atoms with Gasteiger partial charge in [-0.15, -0.1) is 0 Å². The molecular formula is C31H30O2. The van der Waals surface area contributed by atoms with Gasteiger partial charge in [-0.25, -0.2) is 0 Å². The van der Waals surface area contributed by atoms with Crippen molar-refractivity contribution in [3.8, 4) is 0 Å². The molecule has 2 heteroatoms. The Labute approximate surface area is 195 Å². The van der Waals surface area contributed by atoms with E-state index in [1.807, 2.05) is 0 Å². The molecule has 0 bridgehead atoms. The predicted molar refractivity (Wildman–Crippen MR) is 138 cm³/mol. The summed E-state index contributed by atoms with van der Waals surface area (Å²) in [6, 6.07) is 28.1. The summed E-state index contributed by atoms with van der Waals surface area (Å²) < 4.78 is 5.53. The number of rotatable bonds is 6. The zero-order chi connectivity index (χ0) is 23.0. The first-order valence-corrected chi connectivity index (χ1v) is 11.8. The maximum Gasteiger partial charge on any atom is 0.306 e. The normalized spacial score (nSPS) is 12.1. The van der Waals surface area contributed by atoms with Crippen molar-refractivity contribution in [3.05, 3.63) is 95.6 Å². The standard InChI is InChI=1S/C31H30O2/c1-31(2,3)26-17-10-21(11-18-26)20-33-28(32)9-5-6-22-12-13-25-15-14-23-7-4-8-24-16-19-27(22)30(25)29(23)24/h4,7-8,10-19H,5-6,9,20H2,1-3H3. The second kappa shape index (κ2) is 8.51. The van der Waals surface area contributed by atoms with Crippen molar-refractivity contribution in [2.45, 2.75) is 52.1 Å². The van der Waals surface area contributed by atoms with E-state index in [2.05, 4.69) is 99.6 Å². The molecule has 0 amide bonds. The van der Waals surface area contributed by atoms with Gasteiger partial charge in [0.05, 0.1) is 0 Å². The van der Waals surface area contributed by atoms with E-state index in [0.29, 0.717) is 13.0 Å². The maximum absolute atomic E-state index is 12.3. The summed E-state index contributed by atoms with van der Waals surface area (Å²) in [5.41, 5.74) is 3.74. The summed E-state index contributed by atoms with van der Waals surface area (Å²) >= 11 is 0. The molecule has 5 aromatic rings. The van der Waals surface area contributed by atoms with Gasteiger partial charge in [0.1, 0.15) is 6.61 Å². The topological polar surface area (TPSA) is 26.3 Å². The molecule has 0 atom stereocenters. The minimum atomic E-state index is -0.132. The fourth-order valence-electron chi connectivity index (χ4n) is 4.77. The van der Waals surface area contributed by atoms with E-state index < -0.39 is 0 Å². The number of ether oxygens (including phenoxy) is 1. The Hall–Kier alpha value is -3.39. The number of hydrogen-bond donors (Lipinski definition) is 0. The number of esters is 1. The van der Waals surface area contributed by atoms with Gasteiger partial charge in [0.2, 0.25) is 0 Å². The summed E-state index contributed by atoms with van der Waals surface area (Å²) in [7, 11) is 0. The molecule has 0 aliphatic carbocycles. The van der Waals surface area contributed by atoms with Crippen LogP contribution in [0.3, 0.4) is 0 Å². The molecule has 0 heterocycles. The van der Waals surface area contributed by atoms with Crippen molar-refractivity contribution in [2.75, 3.05) is 0 Å². The first kappa shape index (κ1) is 21.5. The molecule has 0 aliphatic rings. The van der Waals surface area contributed by atoms with Crippen LogP contribution in [0.15, 0.2) is 78.9 Å². The average Bonchev–Trinajstić information content (AvgIpc) is 2.81. The molecule has 0 N–H and O–H groups in total. The van der Waals surface area contributed by atoms with Crippen LogP contribution in [0.4, 0.5) is 0 Å². The van der Waals surface area contributed by atoms with Gasteiger partial charge in [-0.1, -0.05) is 99.6 Å². The van der Waals surface area contributed by atoms with Crippen LogP contribution in [0, 0.1) is 0 Å². The highest BCUT2D eigenvalue weighted by atomic mass is 16.5. The van der Waals surface area contributed by atoms with Crippen LogP contribution >= 0.6 is 0 Å². The number of aryl methyl sites for hydroxylation is 1. The molecule has 0 fully saturated rings. The highest BCUT2D eigenvalue weighted by Crippen LogP contribution is 2.36. The molecule has 166 valence electrons. The molecular weight excluding hydrogens is 404 g/mol. The van der Waals surface area contributed by atoms with Gasteiger partial charge in [-0.2, -0.15) is 0 Å². The van der Waals surface area contributed by atoms with Crippen LogP contribution in [-0.4, -0.2) is 5.97 Å². The highest BCUT2D eigenvalue weighted by Gasteiger charge is 2.14. The second-order valence-corrected chi connectivity index (χ2v) is 10.0. The van der Waals surface area contributed by atoms with Gasteiger partial charge in [-0.05, 0) is 67.3 Å². The van der Waals surface area contributed by atoms with Gasteiger partial charge in [0, 0.05) is 6.42 Å². The molecule has 0 radical (unpaired) electrons. The maximum atomic E-state index is 12.3. The van der Waals surface area contributed by atoms with Gasteiger partial charge in [0.25, 0.3) is 0 Å². The Morgan fingerprint density at radius 3 is 2.09 bits per heavy atom. The summed E-state index contributed by atoms with van der Waals surface area (Å²) in [6.45, 7) is 6.93. The second-order valence-electron chi connectivity index (χ2n) is 10.0. The van der Waals surface area contributed by atoms with Gasteiger partial charge >= 0.3 is 5.97 Å². The van der Waals surface area contributed by atoms with Crippen molar-refractivity contribution in [1.82, 2.24) is 0 Å². The van der Waals surface area contributed by atoms with Crippen LogP contribution < -0.4 is 0 Å². The molecule has 5 aromatic carbocycles. The number of hydrogen-bond acceptors (Lipinski definition) is 2. The Morgan fingerprint density at radius 1 is 0.758 bits per heavy atom. The molecule has 0 unspecified atom stereocenters. The lowest BCUT2D eigenvalue weighted by Gasteiger charge is -2.19. The quantitative estimate of drug-likeness (QED) is 0.200. The molecule has 0 aliphatic heterocycles. The van der Waals surface area contributed by atoms with Crippen LogP contribution in [-0.2, 0) is 28.0 Å². The summed E-state index contributed by atoms with van der Waals surface area (Å²) in [6.07, 6.45) is 2.08. The Morgan fingerprint density at radius 2 is 1.39 bits per heavy atom. The number of benzene rings is 5. The van der Waals surface area contributed by atoms with Gasteiger partial charge < -0.3 is 4.74 Å². The Kier molecular flexibility index (Phi) is 5.54. The summed E-state index contributed by atoms with van der Waals surface area (Å²) in [4.78, 5) is 12.3. The summed E-state index contributed by atoms with van der Waals surface area (Å²) in [5, 5.41) is 7.80. The van der Waals surface area contributed by atoms with E-state index in [-0.39, 0.29) is 11.4 Å². The predicted octanol–water partition coefficient (Wildman–Crippen LogP) is 7.95. The Balaban J connectivity index is 1.23. The van der Waals surface area contributed by atoms with E-state index in [1.54, 1.807) is 0 Å². The fraction of sp³-hybridized carbons (Fsp3) is 0.258. The molecule has 0 saturated carbocycles. The van der Waals surface area contributed by atoms with Crippen LogP contribution in [0.25, 0.3) is 32.3 Å². The molecule has 5 rings (SSSR count). The largest absolute Gasteiger partial charge is 0.461 e. The van der Waals surface area contributed by atoms with Gasteiger partial charge in [-0.3, -0.25) is 4.79 Å². The first-order valence-electron chi connectivity index (χ1n) is 11.8. The lowest BCUT2D eigenvalue weighted by atomic mass is 9.87. The molecule has 0 saturated heterocycles. The monoisotopic (exact) mass is 434 g/mol. The van der Waals surface area contributed by atoms with E-state index >= 15 is 0 Å². The third kappa shape index (κ3) is 4.30. The molecule has 0 aromatic heterocycles. The van der Waals surface area contributed by atoms with E-state index in [4.69, 9.17) is 4.74 Å². The van der Waals surface area contributed by atoms with Crippen LogP contribution in [0.2, 0.25) is 0 Å². The van der Waals surface area contributed by atoms with E-state index in [9.17, 15) is 4.79 Å². The summed E-state index contributed by atoms with van der Waals surface area (Å²) in [5.74, 6) is -0.132. The smallest absolute Gasteiger partial charge is 0.306 e. The van der Waals surface area contributed by atoms with Crippen molar-refractivity contribution < 1.29 is 9.53 Å². The zero-order valence-electron chi connectivity index (χ0n) is 19.7. The molecule has 2 nitrogen and oxygen atoms in total. The lowest BCUT2D eigenvalue weighted by Crippen LogP contribution is -2.11. The average molecular weight is 435 g/mol. The minimum Gasteiger partial charge on any atom is -0.461 e. The third-order valence-electron chi connectivity index (χ3n) is 6.67. The SMILES string of the molecule is CC(C)(C)c1ccc(COC(=O)CCCc2ccc3ccc4cccc5ccc2c3c45)cc1. The van der Waals surface area contributed by atoms with Crippen molar-refractivity contribution >= 4 is 38.3 Å². The highest BCUT2D eigenvalue weighted by molar-refractivity contribution is 6.23. The third-order valence-corrected chi connectivity index (χ3v) is 6.67. The Bertz CT molecular complexity index is 1410. The zero-order valence-corrected chi connectivity index (χ0v) is 19.7. The van der Waals surface area contributed by atoms with Crippen molar-refractivity contribution in [2.24, 2.45) is 0 Å². The first-order chi connectivity index (χ1) is 15.9. The van der Waals surface area contributed by atoms with Gasteiger partial charge in [0.15, 0.2) is 0 Å². The van der Waals surface area contributed by atoms with E-state index in [1.165, 1.54) is 43.4 Å². The van der Waals surface area contributed by atoms with Crippen LogP contribution in [0.1, 0.15) is 50.3 Å². The lowest BCUT2D eigenvalue weighted by molar-refractivity contribution is -0.145. The number of carbonyl (C=O) groups excluding carboxylic acids is 1. The minimum absolute atomic E-state index is 0.125. The number of carbonyl (C=O) groups is 1. The van der Waals surface area contributed by atoms with Crippen molar-refractivity contribution in [1.29, 1.82) is 0 Å². The van der Waals surface area contributed by atoms with Crippen LogP contribution in [0.5, 0.6) is 0 Å². The molecule has 0 spiro atoms. The fourth-order valence-corrected chi connectivity index (χ4v) is 4.77. The van der Waals surface area contributed by atoms with Crippen molar-refractivity contribution in [3.63, 3.8) is 0 Å².